The Bertz CT molecular complexity index is 368. The van der Waals surface area contributed by atoms with Crippen LogP contribution in [0.25, 0.3) is 0 Å². The molecule has 0 saturated heterocycles. The molecule has 1 atom stereocenters. The SMILES string of the molecule is COc1c(O)c(C(C)CO)cc(Cl)c1F. The van der Waals surface area contributed by atoms with Gasteiger partial charge in [0.15, 0.2) is 17.3 Å². The number of hydrogen-bond donors (Lipinski definition) is 2. The molecular weight excluding hydrogens is 223 g/mol. The lowest BCUT2D eigenvalue weighted by Crippen LogP contribution is -2.02. The third kappa shape index (κ3) is 2.16. The molecule has 1 aromatic carbocycles. The number of phenols is 1. The van der Waals surface area contributed by atoms with E-state index in [0.717, 1.165) is 0 Å². The summed E-state index contributed by atoms with van der Waals surface area (Å²) >= 11 is 5.62. The van der Waals surface area contributed by atoms with Crippen LogP contribution in [-0.4, -0.2) is 23.9 Å². The maximum absolute atomic E-state index is 13.3. The van der Waals surface area contributed by atoms with Crippen LogP contribution >= 0.6 is 11.6 Å². The van der Waals surface area contributed by atoms with Crippen molar-refractivity contribution in [2.75, 3.05) is 13.7 Å². The number of rotatable bonds is 3. The van der Waals surface area contributed by atoms with Crippen molar-refractivity contribution in [3.05, 3.63) is 22.5 Å². The monoisotopic (exact) mass is 234 g/mol. The number of aromatic hydroxyl groups is 1. The van der Waals surface area contributed by atoms with Crippen molar-refractivity contribution in [1.82, 2.24) is 0 Å². The first-order valence-electron chi connectivity index (χ1n) is 4.38. The van der Waals surface area contributed by atoms with Gasteiger partial charge in [0.1, 0.15) is 0 Å². The first-order chi connectivity index (χ1) is 7.02. The van der Waals surface area contributed by atoms with Gasteiger partial charge >= 0.3 is 0 Å². The maximum atomic E-state index is 13.3. The van der Waals surface area contributed by atoms with Gasteiger partial charge in [-0.1, -0.05) is 18.5 Å². The molecule has 0 saturated carbocycles. The van der Waals surface area contributed by atoms with E-state index in [4.69, 9.17) is 21.4 Å². The van der Waals surface area contributed by atoms with Crippen molar-refractivity contribution >= 4 is 11.6 Å². The molecule has 0 aromatic heterocycles. The fraction of sp³-hybridized carbons (Fsp3) is 0.400. The van der Waals surface area contributed by atoms with Crippen LogP contribution in [0.3, 0.4) is 0 Å². The van der Waals surface area contributed by atoms with Gasteiger partial charge in [0.25, 0.3) is 0 Å². The molecular formula is C10H12ClFO3. The lowest BCUT2D eigenvalue weighted by Gasteiger charge is -2.14. The van der Waals surface area contributed by atoms with Gasteiger partial charge in [-0.3, -0.25) is 0 Å². The Hall–Kier alpha value is -1.00. The second-order valence-electron chi connectivity index (χ2n) is 3.23. The predicted molar refractivity (Wildman–Crippen MR) is 55.1 cm³/mol. The molecule has 0 aliphatic carbocycles. The van der Waals surface area contributed by atoms with Gasteiger partial charge in [0, 0.05) is 18.1 Å². The van der Waals surface area contributed by atoms with Gasteiger partial charge in [-0.15, -0.1) is 0 Å². The Morgan fingerprint density at radius 2 is 2.20 bits per heavy atom. The standard InChI is InChI=1S/C10H12ClFO3/c1-5(4-13)6-3-7(11)8(12)10(15-2)9(6)14/h3,5,13-14H,4H2,1-2H3. The van der Waals surface area contributed by atoms with E-state index in [2.05, 4.69) is 0 Å². The number of aliphatic hydroxyl groups is 1. The Morgan fingerprint density at radius 1 is 1.60 bits per heavy atom. The van der Waals surface area contributed by atoms with Crippen LogP contribution in [0.2, 0.25) is 5.02 Å². The quantitative estimate of drug-likeness (QED) is 0.844. The van der Waals surface area contributed by atoms with Crippen LogP contribution in [0.5, 0.6) is 11.5 Å². The largest absolute Gasteiger partial charge is 0.504 e. The van der Waals surface area contributed by atoms with Crippen LogP contribution in [0.4, 0.5) is 4.39 Å². The highest BCUT2D eigenvalue weighted by Gasteiger charge is 2.20. The molecule has 0 fully saturated rings. The van der Waals surface area contributed by atoms with Crippen LogP contribution in [0.1, 0.15) is 18.4 Å². The Labute approximate surface area is 92.1 Å². The third-order valence-electron chi connectivity index (χ3n) is 2.19. The Balaban J connectivity index is 3.36. The summed E-state index contributed by atoms with van der Waals surface area (Å²) in [6.45, 7) is 1.52. The van der Waals surface area contributed by atoms with Gasteiger partial charge in [-0.2, -0.15) is 0 Å². The summed E-state index contributed by atoms with van der Waals surface area (Å²) in [7, 11) is 1.24. The minimum Gasteiger partial charge on any atom is -0.504 e. The number of hydrogen-bond acceptors (Lipinski definition) is 3. The van der Waals surface area contributed by atoms with E-state index in [1.807, 2.05) is 0 Å². The van der Waals surface area contributed by atoms with Crippen LogP contribution in [-0.2, 0) is 0 Å². The predicted octanol–water partition coefficient (Wildman–Crippen LogP) is 2.29. The molecule has 1 unspecified atom stereocenters. The molecule has 0 radical (unpaired) electrons. The van der Waals surface area contributed by atoms with Crippen molar-refractivity contribution in [3.63, 3.8) is 0 Å². The summed E-state index contributed by atoms with van der Waals surface area (Å²) in [6, 6.07) is 1.29. The second kappa shape index (κ2) is 4.68. The number of ether oxygens (including phenoxy) is 1. The molecule has 1 rings (SSSR count). The fourth-order valence-corrected chi connectivity index (χ4v) is 1.48. The van der Waals surface area contributed by atoms with E-state index >= 15 is 0 Å². The molecule has 1 aromatic rings. The molecule has 0 aliphatic rings. The number of aliphatic hydroxyl groups excluding tert-OH is 1. The average Bonchev–Trinajstić information content (AvgIpc) is 2.23. The lowest BCUT2D eigenvalue weighted by atomic mass is 10.0. The molecule has 0 aliphatic heterocycles. The first kappa shape index (κ1) is 12.1. The highest BCUT2D eigenvalue weighted by molar-refractivity contribution is 6.31. The summed E-state index contributed by atoms with van der Waals surface area (Å²) in [5.74, 6) is -1.75. The van der Waals surface area contributed by atoms with Crippen molar-refractivity contribution in [2.45, 2.75) is 12.8 Å². The molecule has 0 amide bonds. The van der Waals surface area contributed by atoms with E-state index < -0.39 is 5.82 Å². The van der Waals surface area contributed by atoms with Gasteiger partial charge < -0.3 is 14.9 Å². The zero-order chi connectivity index (χ0) is 11.6. The van der Waals surface area contributed by atoms with Crippen LogP contribution in [0.15, 0.2) is 6.07 Å². The van der Waals surface area contributed by atoms with Crippen molar-refractivity contribution < 1.29 is 19.3 Å². The van der Waals surface area contributed by atoms with Gasteiger partial charge in [0.2, 0.25) is 0 Å². The zero-order valence-corrected chi connectivity index (χ0v) is 9.18. The van der Waals surface area contributed by atoms with Crippen molar-refractivity contribution in [3.8, 4) is 11.5 Å². The number of benzene rings is 1. The maximum Gasteiger partial charge on any atom is 0.198 e. The number of methoxy groups -OCH3 is 1. The van der Waals surface area contributed by atoms with Crippen molar-refractivity contribution in [1.29, 1.82) is 0 Å². The molecule has 84 valence electrons. The highest BCUT2D eigenvalue weighted by Crippen LogP contribution is 2.40. The normalized spacial score (nSPS) is 12.6. The summed E-state index contributed by atoms with van der Waals surface area (Å²) < 4.78 is 18.0. The molecule has 3 nitrogen and oxygen atoms in total. The van der Waals surface area contributed by atoms with E-state index in [-0.39, 0.29) is 29.0 Å². The average molecular weight is 235 g/mol. The topological polar surface area (TPSA) is 49.7 Å². The van der Waals surface area contributed by atoms with Gasteiger partial charge in [-0.25, -0.2) is 4.39 Å². The molecule has 0 spiro atoms. The minimum atomic E-state index is -0.800. The summed E-state index contributed by atoms with van der Waals surface area (Å²) in [4.78, 5) is 0. The summed E-state index contributed by atoms with van der Waals surface area (Å²) in [6.07, 6.45) is 0. The Morgan fingerprint density at radius 3 is 2.67 bits per heavy atom. The van der Waals surface area contributed by atoms with Gasteiger partial charge in [0.05, 0.1) is 12.1 Å². The first-order valence-corrected chi connectivity index (χ1v) is 4.76. The van der Waals surface area contributed by atoms with E-state index in [1.165, 1.54) is 13.2 Å². The number of phenolic OH excluding ortho intramolecular Hbond substituents is 1. The third-order valence-corrected chi connectivity index (χ3v) is 2.46. The molecule has 5 heteroatoms. The fourth-order valence-electron chi connectivity index (χ4n) is 1.27. The van der Waals surface area contributed by atoms with Gasteiger partial charge in [-0.05, 0) is 6.07 Å². The van der Waals surface area contributed by atoms with E-state index in [0.29, 0.717) is 5.56 Å². The highest BCUT2D eigenvalue weighted by atomic mass is 35.5. The molecule has 2 N–H and O–H groups in total. The Kier molecular flexibility index (Phi) is 3.77. The second-order valence-corrected chi connectivity index (χ2v) is 3.63. The molecule has 0 heterocycles. The van der Waals surface area contributed by atoms with Crippen molar-refractivity contribution in [2.24, 2.45) is 0 Å². The zero-order valence-electron chi connectivity index (χ0n) is 8.42. The lowest BCUT2D eigenvalue weighted by molar-refractivity contribution is 0.268. The van der Waals surface area contributed by atoms with E-state index in [9.17, 15) is 9.50 Å². The number of halogens is 2. The smallest absolute Gasteiger partial charge is 0.198 e. The van der Waals surface area contributed by atoms with Crippen LogP contribution in [0, 0.1) is 5.82 Å². The molecule has 15 heavy (non-hydrogen) atoms. The summed E-state index contributed by atoms with van der Waals surface area (Å²) in [5.41, 5.74) is 0.362. The van der Waals surface area contributed by atoms with E-state index in [1.54, 1.807) is 6.92 Å². The van der Waals surface area contributed by atoms with Crippen LogP contribution < -0.4 is 4.74 Å². The summed E-state index contributed by atoms with van der Waals surface area (Å²) in [5, 5.41) is 18.5. The minimum absolute atomic E-state index is 0.139. The molecule has 0 bridgehead atoms.